The van der Waals surface area contributed by atoms with Crippen LogP contribution in [0.25, 0.3) is 0 Å². The Morgan fingerprint density at radius 1 is 1.03 bits per heavy atom. The Kier molecular flexibility index (Phi) is 7.31. The first-order valence-electron chi connectivity index (χ1n) is 12.7. The molecule has 1 spiro atoms. The average Bonchev–Trinajstić information content (AvgIpc) is 3.45. The summed E-state index contributed by atoms with van der Waals surface area (Å²) in [6.07, 6.45) is 1.58. The largest absolute Gasteiger partial charge is 0.469 e. The van der Waals surface area contributed by atoms with Crippen molar-refractivity contribution in [2.24, 2.45) is 17.3 Å². The van der Waals surface area contributed by atoms with Crippen LogP contribution in [0.1, 0.15) is 47.5 Å². The van der Waals surface area contributed by atoms with Gasteiger partial charge < -0.3 is 18.6 Å². The summed E-state index contributed by atoms with van der Waals surface area (Å²) in [5.41, 5.74) is -0.510. The fourth-order valence-electron chi connectivity index (χ4n) is 6.55. The highest BCUT2D eigenvalue weighted by Gasteiger charge is 2.64. The Bertz CT molecular complexity index is 957. The molecule has 1 saturated heterocycles. The van der Waals surface area contributed by atoms with Gasteiger partial charge in [-0.15, -0.1) is 0 Å². The highest BCUT2D eigenvalue weighted by Crippen LogP contribution is 2.58. The van der Waals surface area contributed by atoms with Crippen LogP contribution < -0.4 is 10.4 Å². The number of benzene rings is 2. The van der Waals surface area contributed by atoms with E-state index in [1.165, 1.54) is 17.5 Å². The SMILES string of the molecule is COC(=O)[C@@H](C)[C@@H]1CCC2(OCCO2)[C@@]1(C)CO[Si](c1ccccc1)(c1ccccc1)C(C)(C)C. The van der Waals surface area contributed by atoms with E-state index in [1.807, 2.05) is 6.92 Å². The molecule has 190 valence electrons. The van der Waals surface area contributed by atoms with Crippen molar-refractivity contribution in [1.82, 2.24) is 0 Å². The topological polar surface area (TPSA) is 54.0 Å². The smallest absolute Gasteiger partial charge is 0.308 e. The second-order valence-electron chi connectivity index (χ2n) is 11.3. The van der Waals surface area contributed by atoms with Crippen LogP contribution in [0.3, 0.4) is 0 Å². The molecule has 3 atom stereocenters. The highest BCUT2D eigenvalue weighted by atomic mass is 28.4. The van der Waals surface area contributed by atoms with E-state index in [1.54, 1.807) is 0 Å². The number of hydrogen-bond donors (Lipinski definition) is 0. The maximum atomic E-state index is 12.7. The lowest BCUT2D eigenvalue weighted by molar-refractivity contribution is -0.236. The zero-order chi connectivity index (χ0) is 25.3. The number of methoxy groups -OCH3 is 1. The van der Waals surface area contributed by atoms with Crippen molar-refractivity contribution in [3.8, 4) is 0 Å². The van der Waals surface area contributed by atoms with Gasteiger partial charge in [0.1, 0.15) is 0 Å². The van der Waals surface area contributed by atoms with Gasteiger partial charge in [0.05, 0.1) is 26.2 Å². The van der Waals surface area contributed by atoms with Gasteiger partial charge in [-0.05, 0) is 27.8 Å². The molecule has 0 N–H and O–H groups in total. The molecule has 6 heteroatoms. The summed E-state index contributed by atoms with van der Waals surface area (Å²) in [6.45, 7) is 12.6. The fourth-order valence-corrected chi connectivity index (χ4v) is 11.2. The summed E-state index contributed by atoms with van der Waals surface area (Å²) in [7, 11) is -1.30. The molecule has 1 aliphatic heterocycles. The molecule has 1 saturated carbocycles. The first-order valence-corrected chi connectivity index (χ1v) is 14.6. The van der Waals surface area contributed by atoms with Crippen LogP contribution in [-0.4, -0.2) is 47.0 Å². The Labute approximate surface area is 211 Å². The summed E-state index contributed by atoms with van der Waals surface area (Å²) in [6, 6.07) is 21.3. The van der Waals surface area contributed by atoms with Crippen LogP contribution in [0.5, 0.6) is 0 Å². The number of carbonyl (C=O) groups is 1. The van der Waals surface area contributed by atoms with Crippen molar-refractivity contribution in [2.75, 3.05) is 26.9 Å². The molecule has 2 aromatic carbocycles. The maximum Gasteiger partial charge on any atom is 0.308 e. The van der Waals surface area contributed by atoms with E-state index in [0.29, 0.717) is 19.8 Å². The van der Waals surface area contributed by atoms with E-state index in [9.17, 15) is 4.79 Å². The summed E-state index contributed by atoms with van der Waals surface area (Å²) in [4.78, 5) is 12.7. The Morgan fingerprint density at radius 3 is 2.00 bits per heavy atom. The molecule has 35 heavy (non-hydrogen) atoms. The summed E-state index contributed by atoms with van der Waals surface area (Å²) >= 11 is 0. The lowest BCUT2D eigenvalue weighted by Crippen LogP contribution is -2.68. The first kappa shape index (κ1) is 26.1. The number of hydrogen-bond acceptors (Lipinski definition) is 5. The molecule has 4 rings (SSSR count). The number of esters is 1. The number of ether oxygens (including phenoxy) is 3. The van der Waals surface area contributed by atoms with Gasteiger partial charge >= 0.3 is 5.97 Å². The lowest BCUT2D eigenvalue weighted by Gasteiger charge is -2.49. The second kappa shape index (κ2) is 9.81. The maximum absolute atomic E-state index is 12.7. The van der Waals surface area contributed by atoms with Gasteiger partial charge in [0.2, 0.25) is 0 Å². The van der Waals surface area contributed by atoms with Crippen molar-refractivity contribution in [3.05, 3.63) is 60.7 Å². The molecule has 5 nitrogen and oxygen atoms in total. The minimum Gasteiger partial charge on any atom is -0.469 e. The van der Waals surface area contributed by atoms with Crippen LogP contribution >= 0.6 is 0 Å². The van der Waals surface area contributed by atoms with E-state index < -0.39 is 19.5 Å². The Balaban J connectivity index is 1.81. The average molecular weight is 497 g/mol. The van der Waals surface area contributed by atoms with Gasteiger partial charge in [0.25, 0.3) is 8.32 Å². The summed E-state index contributed by atoms with van der Waals surface area (Å²) < 4.78 is 25.2. The number of carbonyl (C=O) groups excluding carboxylic acids is 1. The summed E-state index contributed by atoms with van der Waals surface area (Å²) in [5.74, 6) is -1.20. The van der Waals surface area contributed by atoms with Gasteiger partial charge in [-0.25, -0.2) is 0 Å². The van der Waals surface area contributed by atoms with Crippen molar-refractivity contribution in [3.63, 3.8) is 0 Å². The minimum atomic E-state index is -2.76. The van der Waals surface area contributed by atoms with Gasteiger partial charge in [0.15, 0.2) is 5.79 Å². The normalized spacial score (nSPS) is 25.0. The summed E-state index contributed by atoms with van der Waals surface area (Å²) in [5, 5.41) is 2.33. The van der Waals surface area contributed by atoms with Crippen LogP contribution in [-0.2, 0) is 23.4 Å². The molecular weight excluding hydrogens is 456 g/mol. The van der Waals surface area contributed by atoms with Crippen molar-refractivity contribution in [2.45, 2.75) is 58.3 Å². The molecule has 2 aromatic rings. The van der Waals surface area contributed by atoms with Gasteiger partial charge in [0, 0.05) is 18.4 Å². The van der Waals surface area contributed by atoms with Crippen molar-refractivity contribution >= 4 is 24.7 Å². The first-order chi connectivity index (χ1) is 16.6. The molecule has 0 amide bonds. The van der Waals surface area contributed by atoms with Crippen molar-refractivity contribution in [1.29, 1.82) is 0 Å². The van der Waals surface area contributed by atoms with Gasteiger partial charge in [-0.1, -0.05) is 95.3 Å². The molecular formula is C29H40O5Si. The third kappa shape index (κ3) is 4.29. The second-order valence-corrected chi connectivity index (χ2v) is 15.6. The molecule has 0 radical (unpaired) electrons. The molecule has 2 fully saturated rings. The Hall–Kier alpha value is -1.99. The minimum absolute atomic E-state index is 0.0197. The number of rotatable bonds is 7. The fraction of sp³-hybridized carbons (Fsp3) is 0.552. The third-order valence-corrected chi connectivity index (χ3v) is 13.4. The van der Waals surface area contributed by atoms with Crippen molar-refractivity contribution < 1.29 is 23.4 Å². The predicted octanol–water partition coefficient (Wildman–Crippen LogP) is 4.53. The molecule has 2 aliphatic rings. The van der Waals surface area contributed by atoms with Crippen LogP contribution in [0, 0.1) is 17.3 Å². The third-order valence-electron chi connectivity index (χ3n) is 8.41. The molecule has 0 bridgehead atoms. The van der Waals surface area contributed by atoms with E-state index in [0.717, 1.165) is 12.8 Å². The quantitative estimate of drug-likeness (QED) is 0.416. The zero-order valence-electron chi connectivity index (χ0n) is 22.0. The van der Waals surface area contributed by atoms with E-state index in [2.05, 4.69) is 88.4 Å². The molecule has 1 aliphatic carbocycles. The van der Waals surface area contributed by atoms with Crippen LogP contribution in [0.4, 0.5) is 0 Å². The van der Waals surface area contributed by atoms with E-state index >= 15 is 0 Å². The van der Waals surface area contributed by atoms with Crippen LogP contribution in [0.2, 0.25) is 5.04 Å². The molecule has 0 unspecified atom stereocenters. The molecule has 1 heterocycles. The van der Waals surface area contributed by atoms with Gasteiger partial charge in [-0.3, -0.25) is 4.79 Å². The molecule has 0 aromatic heterocycles. The monoisotopic (exact) mass is 496 g/mol. The van der Waals surface area contributed by atoms with Crippen LogP contribution in [0.15, 0.2) is 60.7 Å². The highest BCUT2D eigenvalue weighted by molar-refractivity contribution is 6.99. The van der Waals surface area contributed by atoms with E-state index in [4.69, 9.17) is 18.6 Å². The Morgan fingerprint density at radius 2 is 1.54 bits per heavy atom. The predicted molar refractivity (Wildman–Crippen MR) is 140 cm³/mol. The lowest BCUT2D eigenvalue weighted by atomic mass is 9.71. The standard InChI is InChI=1S/C29H40O5Si/c1-22(26(30)31-6)25-17-18-29(32-19-20-33-29)28(25,5)21-34-35(27(2,3)4,23-13-9-7-10-14-23)24-15-11-8-12-16-24/h7-16,22,25H,17-21H2,1-6H3/t22-,25-,28-/m0/s1. The van der Waals surface area contributed by atoms with Gasteiger partial charge in [-0.2, -0.15) is 0 Å². The zero-order valence-corrected chi connectivity index (χ0v) is 23.0. The van der Waals surface area contributed by atoms with E-state index in [-0.39, 0.29) is 22.8 Å².